The van der Waals surface area contributed by atoms with E-state index >= 15 is 0 Å². The number of hydrogen-bond donors (Lipinski definition) is 3. The summed E-state index contributed by atoms with van der Waals surface area (Å²) in [7, 11) is 0. The van der Waals surface area contributed by atoms with Gasteiger partial charge in [0.1, 0.15) is 0 Å². The lowest BCUT2D eigenvalue weighted by atomic mass is 10.1. The number of para-hydroxylation sites is 1. The molecule has 0 spiro atoms. The second-order valence-electron chi connectivity index (χ2n) is 8.02. The van der Waals surface area contributed by atoms with Crippen LogP contribution in [0.25, 0.3) is 11.3 Å². The minimum Gasteiger partial charge on any atom is -0.394 e. The van der Waals surface area contributed by atoms with Crippen molar-refractivity contribution < 1.29 is 14.7 Å². The molecule has 1 aromatic heterocycles. The summed E-state index contributed by atoms with van der Waals surface area (Å²) in [5.41, 5.74) is 4.39. The molecule has 8 nitrogen and oxygen atoms in total. The summed E-state index contributed by atoms with van der Waals surface area (Å²) in [6.07, 6.45) is 3.64. The van der Waals surface area contributed by atoms with Crippen LogP contribution in [-0.2, 0) is 11.2 Å². The van der Waals surface area contributed by atoms with E-state index in [1.54, 1.807) is 23.2 Å². The third kappa shape index (κ3) is 3.80. The molecular formula is C24H23N5O3. The number of aliphatic hydroxyl groups is 1. The van der Waals surface area contributed by atoms with E-state index in [9.17, 15) is 14.7 Å². The van der Waals surface area contributed by atoms with Crippen molar-refractivity contribution in [2.75, 3.05) is 23.8 Å². The van der Waals surface area contributed by atoms with Crippen LogP contribution < -0.4 is 10.6 Å². The number of rotatable bonds is 4. The SMILES string of the molecule is O=C1Cc2cnc(Nc3ccc(C(=O)N4CCC[C@H]4CO)cc3)nc2-c2ccccc2N1. The first-order valence-corrected chi connectivity index (χ1v) is 10.7. The highest BCUT2D eigenvalue weighted by Gasteiger charge is 2.28. The molecule has 3 aromatic rings. The third-order valence-corrected chi connectivity index (χ3v) is 5.91. The first-order chi connectivity index (χ1) is 15.6. The molecule has 1 saturated heterocycles. The van der Waals surface area contributed by atoms with E-state index in [-0.39, 0.29) is 30.9 Å². The summed E-state index contributed by atoms with van der Waals surface area (Å²) >= 11 is 0. The molecule has 3 N–H and O–H groups in total. The van der Waals surface area contributed by atoms with Crippen molar-refractivity contribution in [2.24, 2.45) is 0 Å². The van der Waals surface area contributed by atoms with E-state index in [0.717, 1.165) is 35.3 Å². The number of nitrogens with one attached hydrogen (secondary N) is 2. The summed E-state index contributed by atoms with van der Waals surface area (Å²) in [5.74, 6) is 0.247. The van der Waals surface area contributed by atoms with Gasteiger partial charge in [-0.05, 0) is 43.2 Å². The summed E-state index contributed by atoms with van der Waals surface area (Å²) in [6.45, 7) is 0.664. The minimum atomic E-state index is -0.0995. The van der Waals surface area contributed by atoms with Gasteiger partial charge in [-0.25, -0.2) is 9.97 Å². The standard InChI is InChI=1S/C24H23N5O3/c30-14-18-4-3-11-29(18)23(32)15-7-9-17(10-8-15)26-24-25-13-16-12-21(31)27-20-6-2-1-5-19(20)22(16)28-24/h1-2,5-10,13,18,30H,3-4,11-12,14H2,(H,27,31)(H,25,26,28)/t18-/m0/s1. The lowest BCUT2D eigenvalue weighted by molar-refractivity contribution is -0.115. The maximum absolute atomic E-state index is 12.8. The second kappa shape index (κ2) is 8.39. The number of carbonyl (C=O) groups is 2. The van der Waals surface area contributed by atoms with E-state index < -0.39 is 0 Å². The molecule has 2 aromatic carbocycles. The highest BCUT2D eigenvalue weighted by molar-refractivity contribution is 6.00. The lowest BCUT2D eigenvalue weighted by Gasteiger charge is -2.23. The van der Waals surface area contributed by atoms with Gasteiger partial charge in [-0.2, -0.15) is 0 Å². The fraction of sp³-hybridized carbons (Fsp3) is 0.250. The molecule has 0 saturated carbocycles. The maximum Gasteiger partial charge on any atom is 0.254 e. The van der Waals surface area contributed by atoms with Gasteiger partial charge in [0.25, 0.3) is 5.91 Å². The Bertz CT molecular complexity index is 1180. The first-order valence-electron chi connectivity index (χ1n) is 10.7. The molecule has 0 aliphatic carbocycles. The van der Waals surface area contributed by atoms with Crippen LogP contribution in [-0.4, -0.2) is 51.0 Å². The van der Waals surface area contributed by atoms with Crippen molar-refractivity contribution in [1.29, 1.82) is 0 Å². The van der Waals surface area contributed by atoms with Crippen LogP contribution in [0.5, 0.6) is 0 Å². The number of carbonyl (C=O) groups excluding carboxylic acids is 2. The summed E-state index contributed by atoms with van der Waals surface area (Å²) in [5, 5.41) is 15.6. The van der Waals surface area contributed by atoms with Gasteiger partial charge in [0, 0.05) is 35.1 Å². The van der Waals surface area contributed by atoms with Crippen LogP contribution in [0.15, 0.2) is 54.7 Å². The highest BCUT2D eigenvalue weighted by atomic mass is 16.3. The van der Waals surface area contributed by atoms with Crippen LogP contribution >= 0.6 is 0 Å². The van der Waals surface area contributed by atoms with Gasteiger partial charge in [-0.15, -0.1) is 0 Å². The number of hydrogen-bond acceptors (Lipinski definition) is 6. The molecular weight excluding hydrogens is 406 g/mol. The number of fused-ring (bicyclic) bond motifs is 3. The number of aromatic nitrogens is 2. The molecule has 3 heterocycles. The van der Waals surface area contributed by atoms with Gasteiger partial charge >= 0.3 is 0 Å². The van der Waals surface area contributed by atoms with Gasteiger partial charge in [0.2, 0.25) is 11.9 Å². The van der Waals surface area contributed by atoms with E-state index in [2.05, 4.69) is 20.6 Å². The van der Waals surface area contributed by atoms with Gasteiger partial charge < -0.3 is 20.6 Å². The van der Waals surface area contributed by atoms with Crippen LogP contribution in [0.1, 0.15) is 28.8 Å². The Hall–Kier alpha value is -3.78. The Morgan fingerprint density at radius 1 is 1.19 bits per heavy atom. The molecule has 2 aliphatic heterocycles. The minimum absolute atomic E-state index is 0.00864. The third-order valence-electron chi connectivity index (χ3n) is 5.91. The van der Waals surface area contributed by atoms with Crippen molar-refractivity contribution >= 4 is 29.1 Å². The molecule has 5 rings (SSSR count). The number of benzene rings is 2. The molecule has 2 aliphatic rings. The fourth-order valence-corrected chi connectivity index (χ4v) is 4.28. The Balaban J connectivity index is 1.37. The van der Waals surface area contributed by atoms with Crippen molar-refractivity contribution in [2.45, 2.75) is 25.3 Å². The van der Waals surface area contributed by atoms with Crippen molar-refractivity contribution in [3.63, 3.8) is 0 Å². The Kier molecular flexibility index (Phi) is 5.28. The molecule has 162 valence electrons. The molecule has 0 bridgehead atoms. The van der Waals surface area contributed by atoms with Crippen molar-refractivity contribution in [1.82, 2.24) is 14.9 Å². The summed E-state index contributed by atoms with van der Waals surface area (Å²) in [4.78, 5) is 35.7. The molecule has 32 heavy (non-hydrogen) atoms. The largest absolute Gasteiger partial charge is 0.394 e. The van der Waals surface area contributed by atoms with Crippen LogP contribution in [0.2, 0.25) is 0 Å². The molecule has 1 fully saturated rings. The van der Waals surface area contributed by atoms with Crippen molar-refractivity contribution in [3.8, 4) is 11.3 Å². The normalized spacial score (nSPS) is 17.2. The smallest absolute Gasteiger partial charge is 0.254 e. The number of nitrogens with zero attached hydrogens (tertiary/aromatic N) is 3. The molecule has 8 heteroatoms. The van der Waals surface area contributed by atoms with Crippen LogP contribution in [0.3, 0.4) is 0 Å². The van der Waals surface area contributed by atoms with E-state index in [1.807, 2.05) is 36.4 Å². The summed E-state index contributed by atoms with van der Waals surface area (Å²) in [6, 6.07) is 14.6. The predicted molar refractivity (Wildman–Crippen MR) is 121 cm³/mol. The Morgan fingerprint density at radius 3 is 2.81 bits per heavy atom. The maximum atomic E-state index is 12.8. The van der Waals surface area contributed by atoms with Crippen molar-refractivity contribution in [3.05, 3.63) is 65.9 Å². The monoisotopic (exact) mass is 429 g/mol. The van der Waals surface area contributed by atoms with Crippen LogP contribution in [0, 0.1) is 0 Å². The average Bonchev–Trinajstić information content (AvgIpc) is 3.24. The molecule has 1 atom stereocenters. The zero-order chi connectivity index (χ0) is 22.1. The molecule has 0 radical (unpaired) electrons. The van der Waals surface area contributed by atoms with Gasteiger partial charge in [-0.1, -0.05) is 18.2 Å². The topological polar surface area (TPSA) is 107 Å². The van der Waals surface area contributed by atoms with Gasteiger partial charge in [0.15, 0.2) is 0 Å². The fourth-order valence-electron chi connectivity index (χ4n) is 4.28. The number of likely N-dealkylation sites (tertiary alicyclic amines) is 1. The van der Waals surface area contributed by atoms with Gasteiger partial charge in [0.05, 0.1) is 30.5 Å². The Labute approximate surface area is 185 Å². The first kappa shape index (κ1) is 20.1. The van der Waals surface area contributed by atoms with E-state index in [0.29, 0.717) is 23.8 Å². The number of aliphatic hydroxyl groups excluding tert-OH is 1. The Morgan fingerprint density at radius 2 is 2.00 bits per heavy atom. The predicted octanol–water partition coefficient (Wildman–Crippen LogP) is 2.98. The van der Waals surface area contributed by atoms with Crippen LogP contribution in [0.4, 0.5) is 17.3 Å². The second-order valence-corrected chi connectivity index (χ2v) is 8.02. The average molecular weight is 429 g/mol. The molecule has 0 unspecified atom stereocenters. The molecule has 2 amide bonds. The van der Waals surface area contributed by atoms with Gasteiger partial charge in [-0.3, -0.25) is 9.59 Å². The number of anilines is 3. The zero-order valence-corrected chi connectivity index (χ0v) is 17.4. The quantitative estimate of drug-likeness (QED) is 0.589. The van der Waals surface area contributed by atoms with E-state index in [1.165, 1.54) is 0 Å². The zero-order valence-electron chi connectivity index (χ0n) is 17.4. The lowest BCUT2D eigenvalue weighted by Crippen LogP contribution is -2.37. The number of amides is 2. The highest BCUT2D eigenvalue weighted by Crippen LogP contribution is 2.33. The van der Waals surface area contributed by atoms with E-state index in [4.69, 9.17) is 0 Å². The summed E-state index contributed by atoms with van der Waals surface area (Å²) < 4.78 is 0.